The van der Waals surface area contributed by atoms with Gasteiger partial charge in [0.05, 0.1) is 0 Å². The largest absolute Gasteiger partial charge is 0.375 e. The van der Waals surface area contributed by atoms with Crippen molar-refractivity contribution in [3.63, 3.8) is 0 Å². The molecule has 4 nitrogen and oxygen atoms in total. The first-order valence-corrected chi connectivity index (χ1v) is 3.63. The second-order valence-corrected chi connectivity index (χ2v) is 2.95. The molecule has 0 radical (unpaired) electrons. The third kappa shape index (κ3) is 4.96. The van der Waals surface area contributed by atoms with Gasteiger partial charge in [0.15, 0.2) is 5.44 Å². The number of hydrogen-bond acceptors (Lipinski definition) is 3. The van der Waals surface area contributed by atoms with E-state index in [1.807, 2.05) is 0 Å². The van der Waals surface area contributed by atoms with Crippen molar-refractivity contribution in [2.75, 3.05) is 0 Å². The molecule has 1 unspecified atom stereocenters. The van der Waals surface area contributed by atoms with Crippen LogP contribution in [0.1, 0.15) is 13.3 Å². The molecule has 0 aliphatic heterocycles. The smallest absolute Gasteiger partial charge is 0.291 e. The maximum atomic E-state index is 9.87. The molecule has 6 heteroatoms. The Labute approximate surface area is 66.8 Å². The second kappa shape index (κ2) is 4.33. The van der Waals surface area contributed by atoms with E-state index in [2.05, 4.69) is 0 Å². The monoisotopic (exact) mass is 204 g/mol. The van der Waals surface area contributed by atoms with Gasteiger partial charge < -0.3 is 5.11 Å². The van der Waals surface area contributed by atoms with E-state index in [1.54, 1.807) is 0 Å². The SMILES string of the molecule is CCC(O)S(=O)(=O)O.[Zn]. The molecule has 0 aromatic carbocycles. The van der Waals surface area contributed by atoms with Gasteiger partial charge in [0, 0.05) is 19.5 Å². The van der Waals surface area contributed by atoms with E-state index in [4.69, 9.17) is 9.66 Å². The van der Waals surface area contributed by atoms with E-state index in [9.17, 15) is 8.42 Å². The molecule has 52 valence electrons. The van der Waals surface area contributed by atoms with Gasteiger partial charge in [-0.2, -0.15) is 8.42 Å². The minimum atomic E-state index is -4.20. The Bertz CT molecular complexity index is 151. The molecule has 0 rings (SSSR count). The van der Waals surface area contributed by atoms with Crippen LogP contribution in [-0.4, -0.2) is 23.5 Å². The van der Waals surface area contributed by atoms with Crippen LogP contribution in [0.15, 0.2) is 0 Å². The van der Waals surface area contributed by atoms with Gasteiger partial charge in [-0.25, -0.2) is 0 Å². The Balaban J connectivity index is 0. The summed E-state index contributed by atoms with van der Waals surface area (Å²) in [4.78, 5) is 0. The van der Waals surface area contributed by atoms with Crippen molar-refractivity contribution >= 4 is 10.1 Å². The number of hydrogen-bond donors (Lipinski definition) is 2. The normalized spacial score (nSPS) is 14.1. The molecule has 0 heterocycles. The van der Waals surface area contributed by atoms with Crippen molar-refractivity contribution in [1.29, 1.82) is 0 Å². The number of aliphatic hydroxyl groups excluding tert-OH is 1. The minimum Gasteiger partial charge on any atom is -0.375 e. The topological polar surface area (TPSA) is 74.6 Å². The van der Waals surface area contributed by atoms with Crippen molar-refractivity contribution in [3.05, 3.63) is 0 Å². The molecule has 1 atom stereocenters. The maximum Gasteiger partial charge on any atom is 0.291 e. The Morgan fingerprint density at radius 2 is 1.89 bits per heavy atom. The third-order valence-corrected chi connectivity index (χ3v) is 1.71. The average Bonchev–Trinajstić information content (AvgIpc) is 1.62. The van der Waals surface area contributed by atoms with E-state index in [-0.39, 0.29) is 25.9 Å². The van der Waals surface area contributed by atoms with E-state index in [1.165, 1.54) is 6.92 Å². The first-order valence-electron chi connectivity index (χ1n) is 2.13. The zero-order valence-electron chi connectivity index (χ0n) is 5.11. The van der Waals surface area contributed by atoms with Crippen LogP contribution in [0.3, 0.4) is 0 Å². The molecule has 0 aliphatic rings. The summed E-state index contributed by atoms with van der Waals surface area (Å²) in [5.41, 5.74) is -1.62. The zero-order valence-corrected chi connectivity index (χ0v) is 8.89. The number of aliphatic hydroxyl groups is 1. The molecular weight excluding hydrogens is 197 g/mol. The predicted octanol–water partition coefficient (Wildman–Crippen LogP) is -0.400. The van der Waals surface area contributed by atoms with Crippen LogP contribution in [0.25, 0.3) is 0 Å². The van der Waals surface area contributed by atoms with Gasteiger partial charge in [-0.15, -0.1) is 0 Å². The van der Waals surface area contributed by atoms with Crippen molar-refractivity contribution in [1.82, 2.24) is 0 Å². The van der Waals surface area contributed by atoms with Gasteiger partial charge in [0.1, 0.15) is 0 Å². The molecule has 0 aromatic rings. The standard InChI is InChI=1S/C3H8O4S.Zn/c1-2-3(4)8(5,6)7;/h3-4H,2H2,1H3,(H,5,6,7);. The van der Waals surface area contributed by atoms with Crippen molar-refractivity contribution in [3.8, 4) is 0 Å². The third-order valence-electron chi connectivity index (χ3n) is 0.693. The minimum absolute atomic E-state index is 0. The van der Waals surface area contributed by atoms with Crippen molar-refractivity contribution in [2.45, 2.75) is 18.8 Å². The van der Waals surface area contributed by atoms with Crippen LogP contribution in [0.5, 0.6) is 0 Å². The molecule has 0 aromatic heterocycles. The summed E-state index contributed by atoms with van der Waals surface area (Å²) in [5, 5.41) is 8.36. The summed E-state index contributed by atoms with van der Waals surface area (Å²) >= 11 is 0. The molecule has 0 amide bonds. The van der Waals surface area contributed by atoms with Crippen LogP contribution in [0.4, 0.5) is 0 Å². The van der Waals surface area contributed by atoms with E-state index in [0.717, 1.165) is 0 Å². The number of rotatable bonds is 2. The van der Waals surface area contributed by atoms with Gasteiger partial charge in [-0.05, 0) is 6.42 Å². The maximum absolute atomic E-state index is 9.87. The van der Waals surface area contributed by atoms with Crippen LogP contribution in [0.2, 0.25) is 0 Å². The summed E-state index contributed by atoms with van der Waals surface area (Å²) in [6, 6.07) is 0. The molecule has 0 spiro atoms. The Morgan fingerprint density at radius 1 is 1.56 bits per heavy atom. The van der Waals surface area contributed by atoms with Crippen LogP contribution < -0.4 is 0 Å². The van der Waals surface area contributed by atoms with Crippen LogP contribution in [-0.2, 0) is 29.6 Å². The van der Waals surface area contributed by atoms with Gasteiger partial charge >= 0.3 is 0 Å². The molecule has 0 fully saturated rings. The molecule has 0 saturated carbocycles. The fraction of sp³-hybridized carbons (Fsp3) is 1.00. The molecule has 2 N–H and O–H groups in total. The first kappa shape index (κ1) is 12.2. The fourth-order valence-corrected chi connectivity index (χ4v) is 0.632. The summed E-state index contributed by atoms with van der Waals surface area (Å²) in [5.74, 6) is 0. The van der Waals surface area contributed by atoms with Gasteiger partial charge in [0.2, 0.25) is 0 Å². The van der Waals surface area contributed by atoms with E-state index in [0.29, 0.717) is 0 Å². The quantitative estimate of drug-likeness (QED) is 0.475. The summed E-state index contributed by atoms with van der Waals surface area (Å²) < 4.78 is 27.7. The van der Waals surface area contributed by atoms with E-state index < -0.39 is 15.6 Å². The summed E-state index contributed by atoms with van der Waals surface area (Å²) in [6.07, 6.45) is 0.0127. The van der Waals surface area contributed by atoms with Gasteiger partial charge in [-0.3, -0.25) is 4.55 Å². The van der Waals surface area contributed by atoms with Crippen molar-refractivity contribution in [2.24, 2.45) is 0 Å². The fourth-order valence-electron chi connectivity index (χ4n) is 0.211. The molecular formula is C3H8O4SZn. The Hall–Kier alpha value is 0.493. The predicted molar refractivity (Wildman–Crippen MR) is 27.8 cm³/mol. The zero-order chi connectivity index (χ0) is 6.78. The van der Waals surface area contributed by atoms with Gasteiger partial charge in [-0.1, -0.05) is 6.92 Å². The Morgan fingerprint density at radius 3 is 1.89 bits per heavy atom. The van der Waals surface area contributed by atoms with Crippen LogP contribution in [0, 0.1) is 0 Å². The van der Waals surface area contributed by atoms with Crippen molar-refractivity contribution < 1.29 is 37.6 Å². The molecule has 9 heavy (non-hydrogen) atoms. The van der Waals surface area contributed by atoms with E-state index >= 15 is 0 Å². The molecule has 0 saturated heterocycles. The first-order chi connectivity index (χ1) is 3.48. The summed E-state index contributed by atoms with van der Waals surface area (Å²) in [7, 11) is -4.20. The van der Waals surface area contributed by atoms with Gasteiger partial charge in [0.25, 0.3) is 10.1 Å². The average molecular weight is 206 g/mol. The molecule has 0 aliphatic carbocycles. The molecule has 0 bridgehead atoms. The Kier molecular flexibility index (Phi) is 5.87. The second-order valence-electron chi connectivity index (χ2n) is 1.38. The summed E-state index contributed by atoms with van der Waals surface area (Å²) in [6.45, 7) is 1.46. The van der Waals surface area contributed by atoms with Crippen LogP contribution >= 0.6 is 0 Å².